The van der Waals surface area contributed by atoms with Gasteiger partial charge in [-0.2, -0.15) is 0 Å². The van der Waals surface area contributed by atoms with E-state index in [4.69, 9.17) is 16.6 Å². The summed E-state index contributed by atoms with van der Waals surface area (Å²) >= 11 is 0. The highest BCUT2D eigenvalue weighted by Crippen LogP contribution is 2.26. The lowest BCUT2D eigenvalue weighted by molar-refractivity contribution is -0.396. The van der Waals surface area contributed by atoms with Crippen molar-refractivity contribution < 1.29 is 68.7 Å². The minimum Gasteiger partial charge on any atom is -0.508 e. The highest BCUT2D eigenvalue weighted by molar-refractivity contribution is 8.76. The van der Waals surface area contributed by atoms with Crippen LogP contribution in [0.5, 0.6) is 5.75 Å². The summed E-state index contributed by atoms with van der Waals surface area (Å²) in [4.78, 5) is 148. The molecule has 382 valence electrons. The Kier molecular flexibility index (Phi) is 23.0. The number of primary amides is 2. The van der Waals surface area contributed by atoms with Gasteiger partial charge in [-0.1, -0.05) is 67.8 Å². The second-order valence-electron chi connectivity index (χ2n) is 17.4. The number of hydrogen-bond acceptors (Lipinski definition) is 14. The van der Waals surface area contributed by atoms with E-state index in [1.165, 1.54) is 17.0 Å². The van der Waals surface area contributed by atoms with E-state index in [0.29, 0.717) is 18.4 Å². The van der Waals surface area contributed by atoms with Crippen molar-refractivity contribution in [3.8, 4) is 5.75 Å². The zero-order valence-corrected chi connectivity index (χ0v) is 40.7. The number of nitrogens with zero attached hydrogens (tertiary/aromatic N) is 1. The number of carboxylic acid groups (broad SMARTS) is 1. The van der Waals surface area contributed by atoms with Gasteiger partial charge in [-0.15, -0.1) is 0 Å². The third-order valence-corrected chi connectivity index (χ3v) is 13.8. The molecule has 0 radical (unpaired) electrons. The van der Waals surface area contributed by atoms with Crippen molar-refractivity contribution in [2.75, 3.05) is 24.6 Å². The van der Waals surface area contributed by atoms with Crippen LogP contribution in [0.3, 0.4) is 0 Å². The van der Waals surface area contributed by atoms with Crippen molar-refractivity contribution in [3.05, 3.63) is 29.8 Å². The van der Waals surface area contributed by atoms with Crippen molar-refractivity contribution >= 4 is 86.6 Å². The van der Waals surface area contributed by atoms with E-state index in [2.05, 4.69) is 43.0 Å². The normalized spacial score (nSPS) is 24.3. The Bertz CT molecular complexity index is 2050. The molecular weight excluding hydrogens is 943 g/mol. The van der Waals surface area contributed by atoms with Crippen LogP contribution >= 0.6 is 21.6 Å². The van der Waals surface area contributed by atoms with Gasteiger partial charge in [0.15, 0.2) is 6.04 Å². The van der Waals surface area contributed by atoms with Crippen LogP contribution in [0, 0.1) is 11.8 Å². The highest BCUT2D eigenvalue weighted by Gasteiger charge is 2.41. The number of aromatic hydroxyl groups is 1. The average molecular weight is 1010 g/mol. The number of likely N-dealkylation sites (tertiary alicyclic amines) is 1. The molecule has 0 aromatic heterocycles. The molecule has 1 aromatic rings. The number of nitrogens with two attached hydrogens (primary N) is 2. The number of carboxylic acids is 1. The van der Waals surface area contributed by atoms with Crippen LogP contribution in [-0.4, -0.2) is 153 Å². The van der Waals surface area contributed by atoms with Gasteiger partial charge < -0.3 is 69.5 Å². The number of benzene rings is 1. The van der Waals surface area contributed by atoms with E-state index in [1.54, 1.807) is 39.8 Å². The summed E-state index contributed by atoms with van der Waals surface area (Å²) < 4.78 is 0. The van der Waals surface area contributed by atoms with E-state index in [0.717, 1.165) is 21.6 Å². The summed E-state index contributed by atoms with van der Waals surface area (Å²) in [6.07, 6.45) is -0.717. The zero-order chi connectivity index (χ0) is 51.5. The van der Waals surface area contributed by atoms with Crippen molar-refractivity contribution in [2.45, 2.75) is 127 Å². The molecule has 0 spiro atoms. The molecule has 3 rings (SSSR count). The molecule has 26 heteroatoms. The Morgan fingerprint density at radius 2 is 1.43 bits per heavy atom. The SMILES string of the molecule is CC[C@H](C)[C@@H]1NC(=O)[C@H](Cc2ccc(O)cc2)NC(=O)[C@@H]([NH3+])CSSC[C@@H](C(=O)N2CCC[C@H]2C(=O)N[C@@H](CC(C)C)C(=O)NCC(=O)O)NC(=O)[C@H](CC(N)=O)NC(=O)[C@H](CCC(N)=O)NC1=O. The first-order chi connectivity index (χ1) is 32.5. The Morgan fingerprint density at radius 1 is 0.826 bits per heavy atom. The van der Waals surface area contributed by atoms with Crippen LogP contribution in [0.15, 0.2) is 24.3 Å². The first-order valence-corrected chi connectivity index (χ1v) is 25.0. The molecule has 16 N–H and O–H groups in total. The molecule has 69 heavy (non-hydrogen) atoms. The maximum Gasteiger partial charge on any atom is 0.322 e. The van der Waals surface area contributed by atoms with Crippen molar-refractivity contribution in [1.29, 1.82) is 0 Å². The molecule has 2 saturated heterocycles. The Balaban J connectivity index is 2.05. The quantitative estimate of drug-likeness (QED) is 0.0668. The van der Waals surface area contributed by atoms with Gasteiger partial charge >= 0.3 is 5.97 Å². The van der Waals surface area contributed by atoms with Crippen LogP contribution in [0.1, 0.15) is 78.2 Å². The maximum absolute atomic E-state index is 14.5. The summed E-state index contributed by atoms with van der Waals surface area (Å²) in [6.45, 7) is 6.35. The molecule has 0 saturated carbocycles. The van der Waals surface area contributed by atoms with Crippen molar-refractivity contribution in [2.24, 2.45) is 23.3 Å². The number of hydrogen-bond donors (Lipinski definition) is 12. The fourth-order valence-electron chi connectivity index (χ4n) is 7.35. The Hall–Kier alpha value is -6.15. The van der Waals surface area contributed by atoms with Gasteiger partial charge in [0.25, 0.3) is 5.91 Å². The second-order valence-corrected chi connectivity index (χ2v) is 20.0. The number of nitrogens with one attached hydrogen (secondary N) is 7. The fourth-order valence-corrected chi connectivity index (χ4v) is 9.70. The Labute approximate surface area is 407 Å². The standard InChI is InChI=1S/C43H65N11O13S2/c1-5-22(4)35-42(66)48-26(12-13-32(45)56)38(62)50-29(17-33(46)57)39(63)52-30(20-69-68-19-25(44)36(60)49-28(40(64)53-35)16-23-8-10-24(55)11-9-23)43(67)54-14-6-7-31(54)41(65)51-27(15-21(2)3)37(61)47-18-34(58)59/h8-11,21-22,25-31,35,55H,5-7,12-20,44H2,1-4H3,(H2,45,56)(H2,46,57)(H,47,61)(H,48,66)(H,49,60)(H,50,62)(H,51,65)(H,52,63)(H,53,64)(H,58,59)/p+1/t22-,25-,26-,27-,28-,29-,30-,31-,35-/m0/s1. The van der Waals surface area contributed by atoms with Gasteiger partial charge in [-0.25, -0.2) is 0 Å². The molecule has 2 aliphatic rings. The first-order valence-electron chi connectivity index (χ1n) is 22.5. The van der Waals surface area contributed by atoms with E-state index in [1.807, 2.05) is 0 Å². The summed E-state index contributed by atoms with van der Waals surface area (Å²) in [5, 5.41) is 36.7. The van der Waals surface area contributed by atoms with Gasteiger partial charge in [-0.05, 0) is 55.2 Å². The third kappa shape index (κ3) is 18.7. The van der Waals surface area contributed by atoms with E-state index in [-0.39, 0.29) is 49.0 Å². The van der Waals surface area contributed by atoms with Crippen LogP contribution in [0.4, 0.5) is 0 Å². The minimum atomic E-state index is -1.75. The van der Waals surface area contributed by atoms with Gasteiger partial charge in [-0.3, -0.25) is 52.7 Å². The lowest BCUT2D eigenvalue weighted by Crippen LogP contribution is -2.70. The molecule has 10 amide bonds. The number of quaternary nitrogens is 1. The van der Waals surface area contributed by atoms with Crippen LogP contribution in [0.2, 0.25) is 0 Å². The number of amides is 10. The minimum absolute atomic E-state index is 0.0137. The van der Waals surface area contributed by atoms with Crippen molar-refractivity contribution in [3.63, 3.8) is 0 Å². The zero-order valence-electron chi connectivity index (χ0n) is 39.1. The Morgan fingerprint density at radius 3 is 2.04 bits per heavy atom. The molecule has 2 aliphatic heterocycles. The number of rotatable bonds is 17. The predicted molar refractivity (Wildman–Crippen MR) is 252 cm³/mol. The summed E-state index contributed by atoms with van der Waals surface area (Å²) in [5.74, 6) is -10.7. The van der Waals surface area contributed by atoms with E-state index >= 15 is 0 Å². The molecule has 0 unspecified atom stereocenters. The van der Waals surface area contributed by atoms with E-state index < -0.39 is 145 Å². The lowest BCUT2D eigenvalue weighted by Gasteiger charge is -2.31. The monoisotopic (exact) mass is 1010 g/mol. The van der Waals surface area contributed by atoms with Gasteiger partial charge in [0.1, 0.15) is 54.6 Å². The van der Waals surface area contributed by atoms with Crippen LogP contribution in [-0.2, 0) is 59.2 Å². The lowest BCUT2D eigenvalue weighted by atomic mass is 9.96. The maximum atomic E-state index is 14.5. The van der Waals surface area contributed by atoms with Gasteiger partial charge in [0.2, 0.25) is 53.2 Å². The molecule has 24 nitrogen and oxygen atoms in total. The summed E-state index contributed by atoms with van der Waals surface area (Å²) in [5.41, 5.74) is 15.4. The number of carbonyl (C=O) groups excluding carboxylic acids is 10. The number of carbonyl (C=O) groups is 11. The molecule has 2 fully saturated rings. The third-order valence-electron chi connectivity index (χ3n) is 11.3. The topological polar surface area (TPSA) is 395 Å². The molecule has 0 aliphatic carbocycles. The summed E-state index contributed by atoms with van der Waals surface area (Å²) in [7, 11) is 2.13. The van der Waals surface area contributed by atoms with Gasteiger partial charge in [0, 0.05) is 25.1 Å². The number of phenols is 1. The number of phenolic OH excluding ortho intramolecular Hbond substituents is 1. The average Bonchev–Trinajstić information content (AvgIpc) is 3.78. The van der Waals surface area contributed by atoms with E-state index in [9.17, 15) is 57.8 Å². The van der Waals surface area contributed by atoms with Crippen molar-refractivity contribution in [1.82, 2.24) is 42.1 Å². The predicted octanol–water partition coefficient (Wildman–Crippen LogP) is -3.73. The fraction of sp³-hybridized carbons (Fsp3) is 0.605. The first kappa shape index (κ1) is 57.2. The molecule has 0 bridgehead atoms. The molecule has 2 heterocycles. The molecule has 1 aromatic carbocycles. The second kappa shape index (κ2) is 27.7. The summed E-state index contributed by atoms with van der Waals surface area (Å²) in [6, 6.07) is -4.77. The number of aliphatic carboxylic acids is 1. The van der Waals surface area contributed by atoms with Crippen LogP contribution in [0.25, 0.3) is 0 Å². The van der Waals surface area contributed by atoms with Crippen LogP contribution < -0.4 is 54.4 Å². The molecule has 9 atom stereocenters. The van der Waals surface area contributed by atoms with Gasteiger partial charge in [0.05, 0.1) is 12.2 Å². The molecular formula is C43H66N11O13S2+. The smallest absolute Gasteiger partial charge is 0.322 e. The largest absolute Gasteiger partial charge is 0.508 e. The highest BCUT2D eigenvalue weighted by atomic mass is 33.1.